The maximum atomic E-state index is 4.78. The minimum absolute atomic E-state index is 0.129. The highest BCUT2D eigenvalue weighted by Crippen LogP contribution is 2.41. The number of benzene rings is 3. The Kier molecular flexibility index (Phi) is 2.65. The molecule has 3 heterocycles. The van der Waals surface area contributed by atoms with E-state index in [2.05, 4.69) is 85.8 Å². The fourth-order valence-electron chi connectivity index (χ4n) is 4.56. The Hall–Kier alpha value is -3.13. The van der Waals surface area contributed by atoms with E-state index < -0.39 is 0 Å². The van der Waals surface area contributed by atoms with Crippen LogP contribution in [0.2, 0.25) is 0 Å². The first kappa shape index (κ1) is 15.0. The van der Waals surface area contributed by atoms with E-state index in [1.165, 1.54) is 49.0 Å². The summed E-state index contributed by atoms with van der Waals surface area (Å²) in [6.45, 7) is 6.83. The predicted molar refractivity (Wildman–Crippen MR) is 115 cm³/mol. The first-order valence-corrected chi connectivity index (χ1v) is 9.50. The van der Waals surface area contributed by atoms with Gasteiger partial charge in [0.15, 0.2) is 0 Å². The molecular weight excluding hydrogens is 328 g/mol. The van der Waals surface area contributed by atoms with Crippen LogP contribution in [0.4, 0.5) is 0 Å². The standard InChI is InChI=1S/C25H20N2/c1-25(2,3)16-9-11-21-19(14-16)17-10-8-15-12-13-26-23-18-6-4-5-7-20(18)27(21)24(17)22(15)23/h4-14H,1-3H3. The van der Waals surface area contributed by atoms with Crippen LogP contribution in [0.3, 0.4) is 0 Å². The van der Waals surface area contributed by atoms with E-state index in [0.29, 0.717) is 0 Å². The molecule has 0 N–H and O–H groups in total. The average Bonchev–Trinajstić information content (AvgIpc) is 3.01. The molecule has 0 aliphatic rings. The van der Waals surface area contributed by atoms with Gasteiger partial charge < -0.3 is 4.40 Å². The van der Waals surface area contributed by atoms with Crippen molar-refractivity contribution in [1.82, 2.24) is 9.38 Å². The Balaban J connectivity index is 1.99. The zero-order chi connectivity index (χ0) is 18.3. The van der Waals surface area contributed by atoms with Gasteiger partial charge in [0.05, 0.1) is 22.1 Å². The number of para-hydroxylation sites is 1. The average molecular weight is 348 g/mol. The molecule has 0 aliphatic heterocycles. The summed E-state index contributed by atoms with van der Waals surface area (Å²) in [6, 6.07) is 22.2. The van der Waals surface area contributed by atoms with Crippen molar-refractivity contribution in [2.24, 2.45) is 0 Å². The summed E-state index contributed by atoms with van der Waals surface area (Å²) in [5, 5.41) is 6.36. The van der Waals surface area contributed by atoms with Gasteiger partial charge in [-0.15, -0.1) is 0 Å². The van der Waals surface area contributed by atoms with E-state index in [0.717, 1.165) is 5.52 Å². The second kappa shape index (κ2) is 4.77. The first-order valence-electron chi connectivity index (χ1n) is 9.50. The van der Waals surface area contributed by atoms with Crippen molar-refractivity contribution in [3.63, 3.8) is 0 Å². The number of hydrogen-bond acceptors (Lipinski definition) is 1. The summed E-state index contributed by atoms with van der Waals surface area (Å²) >= 11 is 0. The van der Waals surface area contributed by atoms with Gasteiger partial charge in [-0.05, 0) is 40.6 Å². The van der Waals surface area contributed by atoms with Crippen LogP contribution in [0, 0.1) is 0 Å². The van der Waals surface area contributed by atoms with Crippen molar-refractivity contribution in [1.29, 1.82) is 0 Å². The summed E-state index contributed by atoms with van der Waals surface area (Å²) in [6.07, 6.45) is 1.93. The van der Waals surface area contributed by atoms with Crippen molar-refractivity contribution in [3.8, 4) is 0 Å². The third-order valence-electron chi connectivity index (χ3n) is 5.92. The third kappa shape index (κ3) is 1.83. The van der Waals surface area contributed by atoms with Crippen molar-refractivity contribution < 1.29 is 0 Å². The SMILES string of the molecule is CC(C)(C)c1ccc2c(c1)c1ccc3ccnc4c5ccccc5n2c1c34. The smallest absolute Gasteiger partial charge is 0.0822 e. The molecule has 0 atom stereocenters. The number of rotatable bonds is 0. The molecule has 6 rings (SSSR count). The molecule has 0 saturated carbocycles. The van der Waals surface area contributed by atoms with Gasteiger partial charge in [0.2, 0.25) is 0 Å². The lowest BCUT2D eigenvalue weighted by Gasteiger charge is -2.19. The van der Waals surface area contributed by atoms with Crippen LogP contribution in [0.25, 0.3) is 49.0 Å². The van der Waals surface area contributed by atoms with Crippen LogP contribution in [0.1, 0.15) is 26.3 Å². The third-order valence-corrected chi connectivity index (χ3v) is 5.92. The molecule has 0 radical (unpaired) electrons. The molecule has 130 valence electrons. The van der Waals surface area contributed by atoms with E-state index in [1.54, 1.807) is 0 Å². The number of fused-ring (bicyclic) bond motifs is 6. The van der Waals surface area contributed by atoms with Gasteiger partial charge in [-0.3, -0.25) is 4.98 Å². The molecule has 2 nitrogen and oxygen atoms in total. The highest BCUT2D eigenvalue weighted by molar-refractivity contribution is 6.27. The minimum Gasteiger partial charge on any atom is -0.308 e. The van der Waals surface area contributed by atoms with E-state index in [-0.39, 0.29) is 5.41 Å². The van der Waals surface area contributed by atoms with Crippen LogP contribution >= 0.6 is 0 Å². The van der Waals surface area contributed by atoms with Crippen LogP contribution in [0.15, 0.2) is 66.9 Å². The number of hydrogen-bond donors (Lipinski definition) is 0. The number of aromatic nitrogens is 2. The molecule has 3 aromatic carbocycles. The highest BCUT2D eigenvalue weighted by atomic mass is 14.9. The maximum Gasteiger partial charge on any atom is 0.0822 e. The van der Waals surface area contributed by atoms with E-state index >= 15 is 0 Å². The Morgan fingerprint density at radius 1 is 0.778 bits per heavy atom. The van der Waals surface area contributed by atoms with Gasteiger partial charge >= 0.3 is 0 Å². The maximum absolute atomic E-state index is 4.78. The van der Waals surface area contributed by atoms with Crippen molar-refractivity contribution in [3.05, 3.63) is 72.4 Å². The molecule has 0 saturated heterocycles. The molecule has 6 aromatic rings. The molecule has 0 unspecified atom stereocenters. The van der Waals surface area contributed by atoms with Crippen LogP contribution in [-0.4, -0.2) is 9.38 Å². The van der Waals surface area contributed by atoms with Gasteiger partial charge in [-0.2, -0.15) is 0 Å². The van der Waals surface area contributed by atoms with Crippen molar-refractivity contribution in [2.45, 2.75) is 26.2 Å². The predicted octanol–water partition coefficient (Wildman–Crippen LogP) is 6.68. The molecule has 3 aromatic heterocycles. The Bertz CT molecular complexity index is 1480. The Morgan fingerprint density at radius 2 is 1.59 bits per heavy atom. The molecule has 0 amide bonds. The summed E-state index contributed by atoms with van der Waals surface area (Å²) < 4.78 is 2.43. The lowest BCUT2D eigenvalue weighted by Crippen LogP contribution is -2.10. The molecule has 0 spiro atoms. The zero-order valence-electron chi connectivity index (χ0n) is 15.7. The fraction of sp³-hybridized carbons (Fsp3) is 0.160. The van der Waals surface area contributed by atoms with E-state index in [1.807, 2.05) is 6.20 Å². The van der Waals surface area contributed by atoms with Crippen molar-refractivity contribution >= 4 is 49.0 Å². The van der Waals surface area contributed by atoms with Crippen LogP contribution < -0.4 is 0 Å². The minimum atomic E-state index is 0.129. The van der Waals surface area contributed by atoms with Gasteiger partial charge in [0.1, 0.15) is 0 Å². The zero-order valence-corrected chi connectivity index (χ0v) is 15.7. The molecule has 27 heavy (non-hydrogen) atoms. The molecule has 0 fully saturated rings. The highest BCUT2D eigenvalue weighted by Gasteiger charge is 2.20. The van der Waals surface area contributed by atoms with Crippen LogP contribution in [-0.2, 0) is 5.41 Å². The van der Waals surface area contributed by atoms with Gasteiger partial charge in [0, 0.05) is 27.7 Å². The summed E-state index contributed by atoms with van der Waals surface area (Å²) in [4.78, 5) is 4.78. The second-order valence-corrected chi connectivity index (χ2v) is 8.55. The summed E-state index contributed by atoms with van der Waals surface area (Å²) in [7, 11) is 0. The lowest BCUT2D eigenvalue weighted by atomic mass is 9.86. The van der Waals surface area contributed by atoms with E-state index in [4.69, 9.17) is 4.98 Å². The fourth-order valence-corrected chi connectivity index (χ4v) is 4.56. The summed E-state index contributed by atoms with van der Waals surface area (Å²) in [5.74, 6) is 0. The second-order valence-electron chi connectivity index (χ2n) is 8.55. The molecule has 2 heteroatoms. The lowest BCUT2D eigenvalue weighted by molar-refractivity contribution is 0.591. The monoisotopic (exact) mass is 348 g/mol. The molecule has 0 bridgehead atoms. The molecule has 0 aliphatic carbocycles. The quantitative estimate of drug-likeness (QED) is 0.221. The van der Waals surface area contributed by atoms with Crippen molar-refractivity contribution in [2.75, 3.05) is 0 Å². The number of nitrogens with zero attached hydrogens (tertiary/aromatic N) is 2. The van der Waals surface area contributed by atoms with Gasteiger partial charge in [-0.1, -0.05) is 57.2 Å². The number of pyridine rings is 2. The normalized spacial score (nSPS) is 13.0. The van der Waals surface area contributed by atoms with E-state index in [9.17, 15) is 0 Å². The molecular formula is C25H20N2. The van der Waals surface area contributed by atoms with Gasteiger partial charge in [-0.25, -0.2) is 0 Å². The summed E-state index contributed by atoms with van der Waals surface area (Å²) in [5.41, 5.74) is 6.38. The Morgan fingerprint density at radius 3 is 2.44 bits per heavy atom. The van der Waals surface area contributed by atoms with Gasteiger partial charge in [0.25, 0.3) is 0 Å². The largest absolute Gasteiger partial charge is 0.308 e. The Labute approximate surface area is 157 Å². The van der Waals surface area contributed by atoms with Crippen LogP contribution in [0.5, 0.6) is 0 Å². The topological polar surface area (TPSA) is 17.3 Å². The first-order chi connectivity index (χ1) is 13.0.